The normalized spacial score (nSPS) is 10.8. The van der Waals surface area contributed by atoms with Crippen molar-refractivity contribution in [3.05, 3.63) is 24.3 Å². The summed E-state index contributed by atoms with van der Waals surface area (Å²) >= 11 is 0. The summed E-state index contributed by atoms with van der Waals surface area (Å²) in [6.07, 6.45) is 0. The van der Waals surface area contributed by atoms with Gasteiger partial charge in [0.2, 0.25) is 10.0 Å². The average Bonchev–Trinajstić information content (AvgIpc) is 2.29. The third-order valence-electron chi connectivity index (χ3n) is 2.01. The van der Waals surface area contributed by atoms with Gasteiger partial charge in [0.05, 0.1) is 17.0 Å². The summed E-state index contributed by atoms with van der Waals surface area (Å²) in [6.45, 7) is -0.722. The highest BCUT2D eigenvalue weighted by molar-refractivity contribution is 7.89. The molecular formula is C10H10N4O2S. The van der Waals surface area contributed by atoms with E-state index in [4.69, 9.17) is 16.3 Å². The molecule has 1 aromatic rings. The Bertz CT molecular complexity index is 550. The molecule has 0 aliphatic rings. The van der Waals surface area contributed by atoms with E-state index in [2.05, 4.69) is 0 Å². The molecular weight excluding hydrogens is 240 g/mol. The van der Waals surface area contributed by atoms with Gasteiger partial charge in [-0.05, 0) is 24.3 Å². The number of sulfonamides is 1. The molecule has 0 saturated carbocycles. The lowest BCUT2D eigenvalue weighted by atomic mass is 10.3. The topological polar surface area (TPSA) is 111 Å². The first-order valence-corrected chi connectivity index (χ1v) is 6.06. The smallest absolute Gasteiger partial charge is 0.244 e. The molecule has 0 radical (unpaired) electrons. The largest absolute Gasteiger partial charge is 0.399 e. The fourth-order valence-electron chi connectivity index (χ4n) is 1.17. The quantitative estimate of drug-likeness (QED) is 0.610. The number of benzene rings is 1. The Balaban J connectivity index is 3.13. The molecule has 0 spiro atoms. The van der Waals surface area contributed by atoms with Crippen LogP contribution in [-0.2, 0) is 10.0 Å². The molecule has 0 atom stereocenters. The predicted octanol–water partition coefficient (Wildman–Crippen LogP) is 0.307. The molecule has 0 aliphatic heterocycles. The number of nitrogens with two attached hydrogens (primary N) is 1. The van der Waals surface area contributed by atoms with Crippen LogP contribution in [0.25, 0.3) is 0 Å². The zero-order valence-electron chi connectivity index (χ0n) is 8.87. The summed E-state index contributed by atoms with van der Waals surface area (Å²) in [5, 5.41) is 17.1. The molecule has 0 unspecified atom stereocenters. The van der Waals surface area contributed by atoms with Gasteiger partial charge in [0.15, 0.2) is 0 Å². The van der Waals surface area contributed by atoms with Crippen molar-refractivity contribution in [1.29, 1.82) is 10.5 Å². The second kappa shape index (κ2) is 5.30. The van der Waals surface area contributed by atoms with Gasteiger partial charge in [-0.15, -0.1) is 0 Å². The van der Waals surface area contributed by atoms with Crippen molar-refractivity contribution < 1.29 is 8.42 Å². The first-order chi connectivity index (χ1) is 8.02. The van der Waals surface area contributed by atoms with Gasteiger partial charge in [-0.25, -0.2) is 8.42 Å². The molecule has 7 heteroatoms. The van der Waals surface area contributed by atoms with Crippen molar-refractivity contribution >= 4 is 15.7 Å². The highest BCUT2D eigenvalue weighted by Gasteiger charge is 2.23. The number of hydrogen-bond acceptors (Lipinski definition) is 5. The van der Waals surface area contributed by atoms with Crippen LogP contribution < -0.4 is 5.73 Å². The fraction of sp³-hybridized carbons (Fsp3) is 0.200. The van der Waals surface area contributed by atoms with Gasteiger partial charge in [-0.1, -0.05) is 0 Å². The molecule has 0 bridgehead atoms. The highest BCUT2D eigenvalue weighted by atomic mass is 32.2. The van der Waals surface area contributed by atoms with Crippen LogP contribution in [0.2, 0.25) is 0 Å². The number of nitriles is 2. The van der Waals surface area contributed by atoms with E-state index in [0.29, 0.717) is 5.69 Å². The minimum absolute atomic E-state index is 0.0113. The molecule has 1 aromatic carbocycles. The lowest BCUT2D eigenvalue weighted by Crippen LogP contribution is -2.31. The summed E-state index contributed by atoms with van der Waals surface area (Å²) in [7, 11) is -3.81. The van der Waals surface area contributed by atoms with E-state index < -0.39 is 10.0 Å². The maximum absolute atomic E-state index is 12.0. The molecule has 0 fully saturated rings. The maximum atomic E-state index is 12.0. The van der Waals surface area contributed by atoms with Crippen LogP contribution in [0.15, 0.2) is 29.2 Å². The minimum Gasteiger partial charge on any atom is -0.399 e. The highest BCUT2D eigenvalue weighted by Crippen LogP contribution is 2.16. The fourth-order valence-corrected chi connectivity index (χ4v) is 2.41. The van der Waals surface area contributed by atoms with Crippen molar-refractivity contribution in [2.75, 3.05) is 18.8 Å². The summed E-state index contributed by atoms with van der Waals surface area (Å²) in [4.78, 5) is 0.0113. The zero-order chi connectivity index (χ0) is 12.9. The second-order valence-electron chi connectivity index (χ2n) is 3.16. The van der Waals surface area contributed by atoms with E-state index in [0.717, 1.165) is 4.31 Å². The first-order valence-electron chi connectivity index (χ1n) is 4.62. The standard InChI is InChI=1S/C10H10N4O2S/c11-5-7-14(8-6-12)17(15,16)10-3-1-9(13)2-4-10/h1-4H,7-8,13H2. The molecule has 1 rings (SSSR count). The van der Waals surface area contributed by atoms with E-state index >= 15 is 0 Å². The third-order valence-corrected chi connectivity index (χ3v) is 3.82. The molecule has 0 aromatic heterocycles. The molecule has 2 N–H and O–H groups in total. The van der Waals surface area contributed by atoms with Gasteiger partial charge < -0.3 is 5.73 Å². The summed E-state index contributed by atoms with van der Waals surface area (Å²) < 4.78 is 24.8. The molecule has 0 saturated heterocycles. The van der Waals surface area contributed by atoms with Crippen LogP contribution in [-0.4, -0.2) is 25.8 Å². The van der Waals surface area contributed by atoms with Crippen molar-refractivity contribution in [3.63, 3.8) is 0 Å². The van der Waals surface area contributed by atoms with Gasteiger partial charge in [0.25, 0.3) is 0 Å². The Morgan fingerprint density at radius 1 is 1.12 bits per heavy atom. The van der Waals surface area contributed by atoms with Crippen LogP contribution in [0, 0.1) is 22.7 Å². The van der Waals surface area contributed by atoms with Gasteiger partial charge in [0, 0.05) is 5.69 Å². The van der Waals surface area contributed by atoms with Gasteiger partial charge >= 0.3 is 0 Å². The number of rotatable bonds is 4. The van der Waals surface area contributed by atoms with Crippen molar-refractivity contribution in [2.45, 2.75) is 4.90 Å². The molecule has 0 aliphatic carbocycles. The number of nitrogens with zero attached hydrogens (tertiary/aromatic N) is 3. The lowest BCUT2D eigenvalue weighted by Gasteiger charge is -2.15. The Labute approximate surface area is 99.5 Å². The Morgan fingerprint density at radius 2 is 1.59 bits per heavy atom. The van der Waals surface area contributed by atoms with Crippen molar-refractivity contribution in [2.24, 2.45) is 0 Å². The number of anilines is 1. The van der Waals surface area contributed by atoms with Crippen LogP contribution in [0.5, 0.6) is 0 Å². The zero-order valence-corrected chi connectivity index (χ0v) is 9.68. The molecule has 0 amide bonds. The SMILES string of the molecule is N#CCN(CC#N)S(=O)(=O)c1ccc(N)cc1. The van der Waals surface area contributed by atoms with Gasteiger partial charge in [-0.3, -0.25) is 0 Å². The van der Waals surface area contributed by atoms with Crippen LogP contribution in [0.3, 0.4) is 0 Å². The number of hydrogen-bond donors (Lipinski definition) is 1. The third kappa shape index (κ3) is 2.94. The molecule has 88 valence electrons. The predicted molar refractivity (Wildman–Crippen MR) is 60.8 cm³/mol. The molecule has 17 heavy (non-hydrogen) atoms. The summed E-state index contributed by atoms with van der Waals surface area (Å²) in [5.74, 6) is 0. The van der Waals surface area contributed by atoms with Crippen LogP contribution in [0.4, 0.5) is 5.69 Å². The Morgan fingerprint density at radius 3 is 2.00 bits per heavy atom. The Hall–Kier alpha value is -2.09. The first kappa shape index (κ1) is 13.0. The van der Waals surface area contributed by atoms with Crippen molar-refractivity contribution in [3.8, 4) is 12.1 Å². The van der Waals surface area contributed by atoms with Crippen LogP contribution in [0.1, 0.15) is 0 Å². The van der Waals surface area contributed by atoms with Gasteiger partial charge in [0.1, 0.15) is 13.1 Å². The lowest BCUT2D eigenvalue weighted by molar-refractivity contribution is 0.479. The Kier molecular flexibility index (Phi) is 4.05. The summed E-state index contributed by atoms with van der Waals surface area (Å²) in [6, 6.07) is 9.00. The minimum atomic E-state index is -3.81. The van der Waals surface area contributed by atoms with Crippen molar-refractivity contribution in [1.82, 2.24) is 4.31 Å². The second-order valence-corrected chi connectivity index (χ2v) is 5.10. The molecule has 0 heterocycles. The average molecular weight is 250 g/mol. The van der Waals surface area contributed by atoms with E-state index in [1.807, 2.05) is 0 Å². The molecule has 6 nitrogen and oxygen atoms in total. The monoisotopic (exact) mass is 250 g/mol. The maximum Gasteiger partial charge on any atom is 0.244 e. The van der Waals surface area contributed by atoms with E-state index in [9.17, 15) is 8.42 Å². The van der Waals surface area contributed by atoms with Crippen LogP contribution >= 0.6 is 0 Å². The van der Waals surface area contributed by atoms with Gasteiger partial charge in [-0.2, -0.15) is 14.8 Å². The number of nitrogen functional groups attached to an aromatic ring is 1. The van der Waals surface area contributed by atoms with E-state index in [-0.39, 0.29) is 18.0 Å². The van der Waals surface area contributed by atoms with E-state index in [1.165, 1.54) is 24.3 Å². The van der Waals surface area contributed by atoms with E-state index in [1.54, 1.807) is 12.1 Å². The summed E-state index contributed by atoms with van der Waals surface area (Å²) in [5.41, 5.74) is 5.89.